The van der Waals surface area contributed by atoms with E-state index < -0.39 is 0 Å². The van der Waals surface area contributed by atoms with Gasteiger partial charge in [-0.25, -0.2) is 9.97 Å². The molecule has 34 heavy (non-hydrogen) atoms. The number of pyridine rings is 1. The molecule has 3 aromatic heterocycles. The number of nitrogens with two attached hydrogens (primary N) is 1. The molecule has 0 radical (unpaired) electrons. The molecule has 6 rings (SSSR count). The lowest BCUT2D eigenvalue weighted by molar-refractivity contribution is 0.695. The molecular formula is C27H23N7. The maximum atomic E-state index is 6.41. The smallest absolute Gasteiger partial charge is 0.169 e. The van der Waals surface area contributed by atoms with Crippen molar-refractivity contribution in [2.75, 3.05) is 17.6 Å². The third kappa shape index (κ3) is 3.71. The maximum absolute atomic E-state index is 6.41. The van der Waals surface area contributed by atoms with E-state index in [-0.39, 0.29) is 5.41 Å². The average molecular weight is 446 g/mol. The molecule has 2 aromatic carbocycles. The van der Waals surface area contributed by atoms with Gasteiger partial charge in [0.1, 0.15) is 0 Å². The lowest BCUT2D eigenvalue weighted by atomic mass is 10.0. The minimum absolute atomic E-state index is 0.0325. The summed E-state index contributed by atoms with van der Waals surface area (Å²) < 4.78 is 0. The molecule has 1 saturated carbocycles. The zero-order chi connectivity index (χ0) is 23.0. The zero-order valence-electron chi connectivity index (χ0n) is 18.5. The number of hydrogen-bond acceptors (Lipinski definition) is 7. The fourth-order valence-electron chi connectivity index (χ4n) is 4.30. The summed E-state index contributed by atoms with van der Waals surface area (Å²) in [5.41, 5.74) is 11.8. The second-order valence-corrected chi connectivity index (χ2v) is 8.66. The van der Waals surface area contributed by atoms with Crippen LogP contribution in [0.4, 0.5) is 11.6 Å². The predicted molar refractivity (Wildman–Crippen MR) is 134 cm³/mol. The molecule has 166 valence electrons. The van der Waals surface area contributed by atoms with E-state index in [1.54, 1.807) is 18.6 Å². The van der Waals surface area contributed by atoms with Crippen LogP contribution in [0.1, 0.15) is 18.5 Å². The quantitative estimate of drug-likeness (QED) is 0.384. The molecule has 0 atom stereocenters. The van der Waals surface area contributed by atoms with Crippen LogP contribution in [-0.4, -0.2) is 31.5 Å². The molecule has 3 N–H and O–H groups in total. The molecule has 1 fully saturated rings. The molecule has 0 spiro atoms. The Morgan fingerprint density at radius 3 is 2.47 bits per heavy atom. The summed E-state index contributed by atoms with van der Waals surface area (Å²) in [4.78, 5) is 23.0. The largest absolute Gasteiger partial charge is 0.381 e. The van der Waals surface area contributed by atoms with Crippen LogP contribution in [0.3, 0.4) is 0 Å². The SMILES string of the molecule is Nc1nc(-c2ccccc2)c(-c2ccc3ncccc3c2)nc1NCC1(c2cnccn2)CC1. The van der Waals surface area contributed by atoms with Crippen LogP contribution in [-0.2, 0) is 5.41 Å². The first-order valence-corrected chi connectivity index (χ1v) is 11.3. The van der Waals surface area contributed by atoms with Gasteiger partial charge in [0.25, 0.3) is 0 Å². The van der Waals surface area contributed by atoms with Gasteiger partial charge in [0.05, 0.1) is 22.6 Å². The van der Waals surface area contributed by atoms with Gasteiger partial charge in [0.15, 0.2) is 11.6 Å². The van der Waals surface area contributed by atoms with Crippen LogP contribution in [0, 0.1) is 0 Å². The Balaban J connectivity index is 1.41. The Kier molecular flexibility index (Phi) is 4.87. The summed E-state index contributed by atoms with van der Waals surface area (Å²) in [5, 5.41) is 4.51. The molecule has 7 heteroatoms. The fraction of sp³-hybridized carbons (Fsp3) is 0.148. The van der Waals surface area contributed by atoms with Gasteiger partial charge in [0.2, 0.25) is 0 Å². The van der Waals surface area contributed by atoms with Crippen molar-refractivity contribution < 1.29 is 0 Å². The number of hydrogen-bond donors (Lipinski definition) is 2. The van der Waals surface area contributed by atoms with E-state index in [0.29, 0.717) is 18.2 Å². The van der Waals surface area contributed by atoms with Gasteiger partial charge in [-0.15, -0.1) is 0 Å². The standard InChI is InChI=1S/C27H23N7/c28-25-26(32-17-27(10-11-27)22-16-29-13-14-31-22)34-24(23(33-25)18-5-2-1-3-6-18)20-8-9-21-19(15-20)7-4-12-30-21/h1-9,12-16H,10-11,17H2,(H2,28,33)(H,32,34). The van der Waals surface area contributed by atoms with Gasteiger partial charge >= 0.3 is 0 Å². The van der Waals surface area contributed by atoms with E-state index in [1.807, 2.05) is 54.7 Å². The molecular weight excluding hydrogens is 422 g/mol. The highest BCUT2D eigenvalue weighted by molar-refractivity contribution is 5.88. The zero-order valence-corrected chi connectivity index (χ0v) is 18.5. The number of aromatic nitrogens is 5. The second kappa shape index (κ2) is 8.19. The van der Waals surface area contributed by atoms with Crippen molar-refractivity contribution >= 4 is 22.5 Å². The minimum atomic E-state index is -0.0325. The maximum Gasteiger partial charge on any atom is 0.169 e. The van der Waals surface area contributed by atoms with Gasteiger partial charge in [-0.05, 0) is 31.0 Å². The summed E-state index contributed by atoms with van der Waals surface area (Å²) in [5.74, 6) is 0.955. The third-order valence-corrected chi connectivity index (χ3v) is 6.40. The number of nitrogens with zero attached hydrogens (tertiary/aromatic N) is 5. The van der Waals surface area contributed by atoms with Crippen LogP contribution in [0.15, 0.2) is 85.5 Å². The first-order chi connectivity index (χ1) is 16.7. The minimum Gasteiger partial charge on any atom is -0.381 e. The molecule has 3 heterocycles. The number of rotatable bonds is 6. The van der Waals surface area contributed by atoms with Crippen LogP contribution >= 0.6 is 0 Å². The number of anilines is 2. The highest BCUT2D eigenvalue weighted by Crippen LogP contribution is 2.47. The molecule has 5 aromatic rings. The highest BCUT2D eigenvalue weighted by atomic mass is 15.1. The topological polar surface area (TPSA) is 102 Å². The molecule has 1 aliphatic carbocycles. The monoisotopic (exact) mass is 445 g/mol. The highest BCUT2D eigenvalue weighted by Gasteiger charge is 2.45. The first-order valence-electron chi connectivity index (χ1n) is 11.3. The summed E-state index contributed by atoms with van der Waals surface area (Å²) in [6.45, 7) is 0.677. The molecule has 1 aliphatic rings. The number of nitrogens with one attached hydrogen (secondary N) is 1. The van der Waals surface area contributed by atoms with Crippen LogP contribution in [0.25, 0.3) is 33.4 Å². The summed E-state index contributed by atoms with van der Waals surface area (Å²) in [6.07, 6.45) is 9.19. The third-order valence-electron chi connectivity index (χ3n) is 6.40. The molecule has 0 bridgehead atoms. The number of benzene rings is 2. The van der Waals surface area contributed by atoms with Crippen LogP contribution in [0.5, 0.6) is 0 Å². The van der Waals surface area contributed by atoms with Crippen LogP contribution in [0.2, 0.25) is 0 Å². The van der Waals surface area contributed by atoms with E-state index in [4.69, 9.17) is 15.7 Å². The van der Waals surface area contributed by atoms with Crippen molar-refractivity contribution in [3.63, 3.8) is 0 Å². The Morgan fingerprint density at radius 2 is 1.68 bits per heavy atom. The number of nitrogen functional groups attached to an aromatic ring is 1. The van der Waals surface area contributed by atoms with E-state index >= 15 is 0 Å². The molecule has 7 nitrogen and oxygen atoms in total. The Morgan fingerprint density at radius 1 is 0.824 bits per heavy atom. The van der Waals surface area contributed by atoms with Crippen molar-refractivity contribution in [3.8, 4) is 22.5 Å². The Bertz CT molecular complexity index is 1470. The van der Waals surface area contributed by atoms with Crippen molar-refractivity contribution in [3.05, 3.63) is 91.1 Å². The molecule has 0 saturated heterocycles. The summed E-state index contributed by atoms with van der Waals surface area (Å²) in [6, 6.07) is 20.1. The van der Waals surface area contributed by atoms with Gasteiger partial charge < -0.3 is 11.1 Å². The predicted octanol–water partition coefficient (Wildman–Crippen LogP) is 4.87. The van der Waals surface area contributed by atoms with Gasteiger partial charge in [-0.2, -0.15) is 0 Å². The van der Waals surface area contributed by atoms with Crippen molar-refractivity contribution in [1.82, 2.24) is 24.9 Å². The van der Waals surface area contributed by atoms with Crippen LogP contribution < -0.4 is 11.1 Å². The van der Waals surface area contributed by atoms with Gasteiger partial charge in [-0.3, -0.25) is 15.0 Å². The molecule has 0 amide bonds. The molecule has 0 unspecified atom stereocenters. The van der Waals surface area contributed by atoms with Crippen molar-refractivity contribution in [1.29, 1.82) is 0 Å². The summed E-state index contributed by atoms with van der Waals surface area (Å²) >= 11 is 0. The van der Waals surface area contributed by atoms with Gasteiger partial charge in [0, 0.05) is 53.3 Å². The van der Waals surface area contributed by atoms with E-state index in [9.17, 15) is 0 Å². The average Bonchev–Trinajstić information content (AvgIpc) is 3.70. The molecule has 0 aliphatic heterocycles. The summed E-state index contributed by atoms with van der Waals surface area (Å²) in [7, 11) is 0. The van der Waals surface area contributed by atoms with Crippen molar-refractivity contribution in [2.45, 2.75) is 18.3 Å². The fourth-order valence-corrected chi connectivity index (χ4v) is 4.30. The van der Waals surface area contributed by atoms with Gasteiger partial charge in [-0.1, -0.05) is 42.5 Å². The first kappa shape index (κ1) is 20.2. The Hall–Kier alpha value is -4.39. The lowest BCUT2D eigenvalue weighted by Gasteiger charge is -2.18. The normalized spacial score (nSPS) is 14.1. The van der Waals surface area contributed by atoms with E-state index in [2.05, 4.69) is 32.4 Å². The van der Waals surface area contributed by atoms with Crippen molar-refractivity contribution in [2.24, 2.45) is 0 Å². The van der Waals surface area contributed by atoms with E-state index in [0.717, 1.165) is 52.0 Å². The lowest BCUT2D eigenvalue weighted by Crippen LogP contribution is -2.22. The second-order valence-electron chi connectivity index (χ2n) is 8.66. The number of fused-ring (bicyclic) bond motifs is 1. The van der Waals surface area contributed by atoms with E-state index in [1.165, 1.54) is 0 Å². The Labute approximate surface area is 197 Å².